The van der Waals surface area contributed by atoms with Gasteiger partial charge in [-0.2, -0.15) is 0 Å². The Morgan fingerprint density at radius 2 is 2.29 bits per heavy atom. The second kappa shape index (κ2) is 5.62. The lowest BCUT2D eigenvalue weighted by atomic mass is 10.3. The van der Waals surface area contributed by atoms with Crippen LogP contribution < -0.4 is 5.32 Å². The molecule has 17 heavy (non-hydrogen) atoms. The minimum Gasteiger partial charge on any atom is -0.383 e. The van der Waals surface area contributed by atoms with Gasteiger partial charge in [-0.05, 0) is 24.1 Å². The standard InChI is InChI=1S/C11H14ClN3OS/c1-3-7-6-8-9(13-4-5-16-2)14-11(12)15-10(8)17-7/h6H,3-5H2,1-2H3,(H,13,14,15). The lowest BCUT2D eigenvalue weighted by Crippen LogP contribution is -2.09. The zero-order valence-corrected chi connectivity index (χ0v) is 11.4. The number of hydrogen-bond donors (Lipinski definition) is 1. The highest BCUT2D eigenvalue weighted by Gasteiger charge is 2.09. The van der Waals surface area contributed by atoms with Crippen molar-refractivity contribution in [2.75, 3.05) is 25.6 Å². The molecule has 0 amide bonds. The Morgan fingerprint density at radius 3 is 3.00 bits per heavy atom. The molecule has 0 aliphatic heterocycles. The maximum Gasteiger partial charge on any atom is 0.225 e. The van der Waals surface area contributed by atoms with Crippen LogP contribution in [0.15, 0.2) is 6.07 Å². The molecule has 0 aliphatic rings. The molecule has 0 fully saturated rings. The monoisotopic (exact) mass is 271 g/mol. The van der Waals surface area contributed by atoms with E-state index in [1.807, 2.05) is 0 Å². The van der Waals surface area contributed by atoms with E-state index in [0.29, 0.717) is 13.2 Å². The summed E-state index contributed by atoms with van der Waals surface area (Å²) in [6.07, 6.45) is 0.996. The fraction of sp³-hybridized carbons (Fsp3) is 0.455. The normalized spacial score (nSPS) is 11.0. The zero-order chi connectivity index (χ0) is 12.3. The molecule has 1 N–H and O–H groups in total. The summed E-state index contributed by atoms with van der Waals surface area (Å²) in [5.74, 6) is 0.785. The number of nitrogens with one attached hydrogen (secondary N) is 1. The maximum absolute atomic E-state index is 5.90. The molecule has 2 aromatic heterocycles. The van der Waals surface area contributed by atoms with E-state index in [1.165, 1.54) is 4.88 Å². The minimum atomic E-state index is 0.280. The molecule has 2 rings (SSSR count). The van der Waals surface area contributed by atoms with Crippen LogP contribution in [0.2, 0.25) is 5.28 Å². The molecule has 0 bridgehead atoms. The third-order valence-corrected chi connectivity index (χ3v) is 3.71. The van der Waals surface area contributed by atoms with Crippen molar-refractivity contribution in [2.24, 2.45) is 0 Å². The van der Waals surface area contributed by atoms with Crippen molar-refractivity contribution in [3.8, 4) is 0 Å². The summed E-state index contributed by atoms with van der Waals surface area (Å²) >= 11 is 7.56. The minimum absolute atomic E-state index is 0.280. The van der Waals surface area contributed by atoms with Gasteiger partial charge in [0.1, 0.15) is 10.6 Å². The van der Waals surface area contributed by atoms with Gasteiger partial charge in [-0.25, -0.2) is 9.97 Å². The van der Waals surface area contributed by atoms with Crippen LogP contribution in [-0.2, 0) is 11.2 Å². The number of thiophene rings is 1. The van der Waals surface area contributed by atoms with Gasteiger partial charge in [0, 0.05) is 18.5 Å². The number of nitrogens with zero attached hydrogens (tertiary/aromatic N) is 2. The predicted molar refractivity (Wildman–Crippen MR) is 72.2 cm³/mol. The van der Waals surface area contributed by atoms with E-state index in [0.717, 1.165) is 22.5 Å². The number of ether oxygens (including phenoxy) is 1. The van der Waals surface area contributed by atoms with Gasteiger partial charge in [0.2, 0.25) is 5.28 Å². The van der Waals surface area contributed by atoms with Crippen molar-refractivity contribution in [1.82, 2.24) is 9.97 Å². The van der Waals surface area contributed by atoms with E-state index in [9.17, 15) is 0 Å². The lowest BCUT2D eigenvalue weighted by molar-refractivity contribution is 0.210. The van der Waals surface area contributed by atoms with Gasteiger partial charge in [-0.15, -0.1) is 11.3 Å². The Kier molecular flexibility index (Phi) is 4.15. The van der Waals surface area contributed by atoms with Crippen LogP contribution in [0.3, 0.4) is 0 Å². The number of fused-ring (bicyclic) bond motifs is 1. The number of methoxy groups -OCH3 is 1. The summed E-state index contributed by atoms with van der Waals surface area (Å²) in [7, 11) is 1.67. The van der Waals surface area contributed by atoms with Gasteiger partial charge in [-0.3, -0.25) is 0 Å². The van der Waals surface area contributed by atoms with E-state index < -0.39 is 0 Å². The van der Waals surface area contributed by atoms with Crippen molar-refractivity contribution in [3.05, 3.63) is 16.2 Å². The first-order valence-corrected chi connectivity index (χ1v) is 6.62. The molecular formula is C11H14ClN3OS. The third kappa shape index (κ3) is 2.86. The first kappa shape index (κ1) is 12.5. The second-order valence-electron chi connectivity index (χ2n) is 3.55. The molecule has 0 saturated heterocycles. The fourth-order valence-corrected chi connectivity index (χ4v) is 2.71. The SMILES string of the molecule is CCc1cc2c(NCCOC)nc(Cl)nc2s1. The van der Waals surface area contributed by atoms with E-state index in [-0.39, 0.29) is 5.28 Å². The highest BCUT2D eigenvalue weighted by Crippen LogP contribution is 2.30. The quantitative estimate of drug-likeness (QED) is 0.671. The van der Waals surface area contributed by atoms with E-state index in [4.69, 9.17) is 16.3 Å². The van der Waals surface area contributed by atoms with Gasteiger partial charge in [0.25, 0.3) is 0 Å². The fourth-order valence-electron chi connectivity index (χ4n) is 1.53. The summed E-state index contributed by atoms with van der Waals surface area (Å²) < 4.78 is 5.00. The summed E-state index contributed by atoms with van der Waals surface area (Å²) in [5.41, 5.74) is 0. The highest BCUT2D eigenvalue weighted by atomic mass is 35.5. The van der Waals surface area contributed by atoms with Crippen LogP contribution in [0.25, 0.3) is 10.2 Å². The second-order valence-corrected chi connectivity index (χ2v) is 5.00. The predicted octanol–water partition coefficient (Wildman–Crippen LogP) is 2.97. The van der Waals surface area contributed by atoms with Crippen LogP contribution in [0, 0.1) is 0 Å². The number of aromatic nitrogens is 2. The molecule has 0 aliphatic carbocycles. The Hall–Kier alpha value is -0.910. The molecule has 2 aromatic rings. The van der Waals surface area contributed by atoms with Gasteiger partial charge in [0.05, 0.1) is 12.0 Å². The molecular weight excluding hydrogens is 258 g/mol. The van der Waals surface area contributed by atoms with Crippen LogP contribution in [0.4, 0.5) is 5.82 Å². The molecule has 2 heterocycles. The third-order valence-electron chi connectivity index (χ3n) is 2.36. The molecule has 0 saturated carbocycles. The maximum atomic E-state index is 5.90. The van der Waals surface area contributed by atoms with Gasteiger partial charge in [-0.1, -0.05) is 6.92 Å². The van der Waals surface area contributed by atoms with Crippen LogP contribution in [0.5, 0.6) is 0 Å². The van der Waals surface area contributed by atoms with Gasteiger partial charge in [0.15, 0.2) is 0 Å². The Bertz CT molecular complexity index is 515. The molecule has 0 radical (unpaired) electrons. The van der Waals surface area contributed by atoms with Gasteiger partial charge >= 0.3 is 0 Å². The number of rotatable bonds is 5. The van der Waals surface area contributed by atoms with Crippen molar-refractivity contribution in [1.29, 1.82) is 0 Å². The number of halogens is 1. The van der Waals surface area contributed by atoms with Gasteiger partial charge < -0.3 is 10.1 Å². The molecule has 0 atom stereocenters. The number of hydrogen-bond acceptors (Lipinski definition) is 5. The average molecular weight is 272 g/mol. The molecule has 6 heteroatoms. The van der Waals surface area contributed by atoms with Crippen LogP contribution >= 0.6 is 22.9 Å². The zero-order valence-electron chi connectivity index (χ0n) is 9.79. The highest BCUT2D eigenvalue weighted by molar-refractivity contribution is 7.18. The van der Waals surface area contributed by atoms with E-state index >= 15 is 0 Å². The van der Waals surface area contributed by atoms with Crippen molar-refractivity contribution < 1.29 is 4.74 Å². The van der Waals surface area contributed by atoms with Crippen molar-refractivity contribution in [3.63, 3.8) is 0 Å². The number of anilines is 1. The Labute approximate surface area is 109 Å². The van der Waals surface area contributed by atoms with E-state index in [1.54, 1.807) is 18.4 Å². The largest absolute Gasteiger partial charge is 0.383 e. The average Bonchev–Trinajstić information content (AvgIpc) is 2.72. The van der Waals surface area contributed by atoms with Crippen LogP contribution in [-0.4, -0.2) is 30.2 Å². The molecule has 0 spiro atoms. The van der Waals surface area contributed by atoms with Crippen molar-refractivity contribution in [2.45, 2.75) is 13.3 Å². The Balaban J connectivity index is 2.34. The first-order chi connectivity index (χ1) is 8.24. The molecule has 4 nitrogen and oxygen atoms in total. The Morgan fingerprint density at radius 1 is 1.47 bits per heavy atom. The molecule has 0 unspecified atom stereocenters. The summed E-state index contributed by atoms with van der Waals surface area (Å²) in [4.78, 5) is 10.7. The first-order valence-electron chi connectivity index (χ1n) is 5.43. The van der Waals surface area contributed by atoms with E-state index in [2.05, 4.69) is 28.3 Å². The lowest BCUT2D eigenvalue weighted by Gasteiger charge is -2.05. The van der Waals surface area contributed by atoms with Crippen molar-refractivity contribution >= 4 is 39.0 Å². The summed E-state index contributed by atoms with van der Waals surface area (Å²) in [6.45, 7) is 3.46. The molecule has 0 aromatic carbocycles. The van der Waals surface area contributed by atoms with Crippen LogP contribution in [0.1, 0.15) is 11.8 Å². The molecule has 92 valence electrons. The number of aryl methyl sites for hydroxylation is 1. The topological polar surface area (TPSA) is 47.0 Å². The smallest absolute Gasteiger partial charge is 0.225 e. The summed E-state index contributed by atoms with van der Waals surface area (Å²) in [6, 6.07) is 2.12. The summed E-state index contributed by atoms with van der Waals surface area (Å²) in [5, 5.41) is 4.53.